The van der Waals surface area contributed by atoms with Crippen LogP contribution in [0, 0.1) is 0 Å². The highest BCUT2D eigenvalue weighted by Crippen LogP contribution is 2.40. The highest BCUT2D eigenvalue weighted by molar-refractivity contribution is 6.00. The Bertz CT molecular complexity index is 1400. The Labute approximate surface area is 184 Å². The number of nitrogens with zero attached hydrogens (tertiary/aromatic N) is 5. The van der Waals surface area contributed by atoms with Crippen molar-refractivity contribution in [3.63, 3.8) is 0 Å². The number of aromatic amines is 1. The lowest BCUT2D eigenvalue weighted by atomic mass is 9.98. The summed E-state index contributed by atoms with van der Waals surface area (Å²) < 4.78 is 9.22. The van der Waals surface area contributed by atoms with Gasteiger partial charge in [-0.15, -0.1) is 0 Å². The van der Waals surface area contributed by atoms with Crippen LogP contribution in [0.25, 0.3) is 33.1 Å². The molecule has 0 spiro atoms. The standard InChI is InChI=1S/C23H27N7O2/c1-28-11-17-18(27-28)7-6-15(20(17)32-3)16-10-25-21-19(16)22(31)29(2)23(26-21)30-13-4-5-14(30)9-12(24)8-13/h6-7,10-14,25H,4-5,8-9,24H2,1-3H3. The molecule has 0 radical (unpaired) electrons. The van der Waals surface area contributed by atoms with E-state index in [0.717, 1.165) is 53.7 Å². The number of rotatable bonds is 3. The van der Waals surface area contributed by atoms with Gasteiger partial charge in [-0.05, 0) is 37.8 Å². The molecular weight excluding hydrogens is 406 g/mol. The molecule has 166 valence electrons. The molecule has 3 aromatic heterocycles. The fourth-order valence-corrected chi connectivity index (χ4v) is 5.76. The fraction of sp³-hybridized carbons (Fsp3) is 0.435. The molecule has 2 aliphatic heterocycles. The van der Waals surface area contributed by atoms with Crippen LogP contribution in [0.2, 0.25) is 0 Å². The minimum atomic E-state index is -0.0659. The summed E-state index contributed by atoms with van der Waals surface area (Å²) in [4.78, 5) is 24.1. The van der Waals surface area contributed by atoms with Gasteiger partial charge in [0.15, 0.2) is 0 Å². The van der Waals surface area contributed by atoms with Crippen LogP contribution >= 0.6 is 0 Å². The van der Waals surface area contributed by atoms with E-state index in [1.807, 2.05) is 38.6 Å². The summed E-state index contributed by atoms with van der Waals surface area (Å²) in [7, 11) is 5.34. The molecule has 2 atom stereocenters. The molecule has 0 amide bonds. The van der Waals surface area contributed by atoms with Crippen molar-refractivity contribution in [1.82, 2.24) is 24.3 Å². The lowest BCUT2D eigenvalue weighted by Gasteiger charge is -2.38. The van der Waals surface area contributed by atoms with Crippen LogP contribution in [0.4, 0.5) is 5.95 Å². The molecule has 2 bridgehead atoms. The first-order chi connectivity index (χ1) is 15.5. The third-order valence-corrected chi connectivity index (χ3v) is 7.14. The zero-order valence-electron chi connectivity index (χ0n) is 18.5. The van der Waals surface area contributed by atoms with E-state index in [1.165, 1.54) is 0 Å². The number of aryl methyl sites for hydroxylation is 1. The number of methoxy groups -OCH3 is 1. The van der Waals surface area contributed by atoms with Crippen LogP contribution in [-0.4, -0.2) is 49.6 Å². The quantitative estimate of drug-likeness (QED) is 0.513. The lowest BCUT2D eigenvalue weighted by Crippen LogP contribution is -2.49. The summed E-state index contributed by atoms with van der Waals surface area (Å²) in [6.07, 6.45) is 7.88. The molecule has 2 saturated heterocycles. The number of anilines is 1. The van der Waals surface area contributed by atoms with Crippen molar-refractivity contribution in [2.75, 3.05) is 12.0 Å². The van der Waals surface area contributed by atoms with Gasteiger partial charge in [-0.2, -0.15) is 10.1 Å². The molecule has 0 aliphatic carbocycles. The number of aromatic nitrogens is 5. The van der Waals surface area contributed by atoms with Gasteiger partial charge >= 0.3 is 0 Å². The number of benzene rings is 1. The summed E-state index contributed by atoms with van der Waals surface area (Å²) in [5.41, 5.74) is 9.26. The SMILES string of the molecule is COc1c(-c2c[nH]c3nc(N4C5CCC4CC(N)C5)n(C)c(=O)c23)ccc2nn(C)cc12. The molecule has 9 heteroatoms. The minimum Gasteiger partial charge on any atom is -0.495 e. The average Bonchev–Trinajstić information content (AvgIpc) is 3.43. The number of nitrogens with two attached hydrogens (primary N) is 1. The zero-order valence-corrected chi connectivity index (χ0v) is 18.5. The average molecular weight is 434 g/mol. The molecule has 2 aliphatic rings. The summed E-state index contributed by atoms with van der Waals surface area (Å²) in [6.45, 7) is 0. The van der Waals surface area contributed by atoms with Crippen molar-refractivity contribution in [2.24, 2.45) is 19.8 Å². The Morgan fingerprint density at radius 3 is 2.62 bits per heavy atom. The van der Waals surface area contributed by atoms with Gasteiger partial charge in [-0.1, -0.05) is 0 Å². The molecule has 32 heavy (non-hydrogen) atoms. The van der Waals surface area contributed by atoms with E-state index >= 15 is 0 Å². The van der Waals surface area contributed by atoms with Gasteiger partial charge in [0, 0.05) is 55.7 Å². The molecule has 2 unspecified atom stereocenters. The van der Waals surface area contributed by atoms with Gasteiger partial charge in [0.1, 0.15) is 11.4 Å². The Kier molecular flexibility index (Phi) is 4.13. The van der Waals surface area contributed by atoms with Gasteiger partial charge in [0.05, 0.1) is 23.4 Å². The maximum Gasteiger partial charge on any atom is 0.264 e. The normalized spacial score (nSPS) is 22.9. The van der Waals surface area contributed by atoms with E-state index in [4.69, 9.17) is 15.5 Å². The third kappa shape index (κ3) is 2.63. The summed E-state index contributed by atoms with van der Waals surface area (Å²) in [5, 5.41) is 5.94. The molecule has 5 heterocycles. The van der Waals surface area contributed by atoms with Crippen LogP contribution in [-0.2, 0) is 14.1 Å². The van der Waals surface area contributed by atoms with E-state index in [-0.39, 0.29) is 11.6 Å². The van der Waals surface area contributed by atoms with Crippen molar-refractivity contribution < 1.29 is 4.74 Å². The van der Waals surface area contributed by atoms with Gasteiger partial charge in [-0.3, -0.25) is 14.0 Å². The topological polar surface area (TPSA) is 107 Å². The summed E-state index contributed by atoms with van der Waals surface area (Å²) in [5.74, 6) is 1.43. The maximum atomic E-state index is 13.6. The van der Waals surface area contributed by atoms with E-state index in [1.54, 1.807) is 16.4 Å². The van der Waals surface area contributed by atoms with Crippen LogP contribution in [0.15, 0.2) is 29.3 Å². The number of ether oxygens (including phenoxy) is 1. The number of piperidine rings is 1. The Hall–Kier alpha value is -3.33. The summed E-state index contributed by atoms with van der Waals surface area (Å²) in [6, 6.07) is 4.84. The van der Waals surface area contributed by atoms with Crippen molar-refractivity contribution in [1.29, 1.82) is 0 Å². The van der Waals surface area contributed by atoms with E-state index in [2.05, 4.69) is 15.0 Å². The smallest absolute Gasteiger partial charge is 0.264 e. The Balaban J connectivity index is 1.53. The van der Waals surface area contributed by atoms with E-state index in [0.29, 0.717) is 28.9 Å². The predicted molar refractivity (Wildman–Crippen MR) is 124 cm³/mol. The van der Waals surface area contributed by atoms with Gasteiger partial charge in [0.2, 0.25) is 5.95 Å². The first kappa shape index (κ1) is 19.4. The number of hydrogen-bond acceptors (Lipinski definition) is 6. The second-order valence-electron chi connectivity index (χ2n) is 9.11. The number of H-pyrrole nitrogens is 1. The second-order valence-corrected chi connectivity index (χ2v) is 9.11. The molecule has 2 fully saturated rings. The molecule has 3 N–H and O–H groups in total. The van der Waals surface area contributed by atoms with Crippen molar-refractivity contribution in [3.8, 4) is 16.9 Å². The van der Waals surface area contributed by atoms with Crippen LogP contribution in [0.3, 0.4) is 0 Å². The Morgan fingerprint density at radius 2 is 1.91 bits per heavy atom. The first-order valence-electron chi connectivity index (χ1n) is 11.1. The van der Waals surface area contributed by atoms with E-state index < -0.39 is 0 Å². The molecular formula is C23H27N7O2. The van der Waals surface area contributed by atoms with Gasteiger partial charge in [-0.25, -0.2) is 0 Å². The number of hydrogen-bond donors (Lipinski definition) is 2. The molecule has 9 nitrogen and oxygen atoms in total. The van der Waals surface area contributed by atoms with Crippen molar-refractivity contribution in [3.05, 3.63) is 34.9 Å². The third-order valence-electron chi connectivity index (χ3n) is 7.14. The van der Waals surface area contributed by atoms with Crippen LogP contribution in [0.1, 0.15) is 25.7 Å². The minimum absolute atomic E-state index is 0.0659. The van der Waals surface area contributed by atoms with E-state index in [9.17, 15) is 4.79 Å². The molecule has 4 aromatic rings. The highest BCUT2D eigenvalue weighted by Gasteiger charge is 2.41. The largest absolute Gasteiger partial charge is 0.495 e. The summed E-state index contributed by atoms with van der Waals surface area (Å²) >= 11 is 0. The highest BCUT2D eigenvalue weighted by atomic mass is 16.5. The predicted octanol–water partition coefficient (Wildman–Crippen LogP) is 2.28. The molecule has 1 aromatic carbocycles. The monoisotopic (exact) mass is 433 g/mol. The lowest BCUT2D eigenvalue weighted by molar-refractivity contribution is 0.405. The van der Waals surface area contributed by atoms with Crippen LogP contribution in [0.5, 0.6) is 5.75 Å². The molecule has 6 rings (SSSR count). The zero-order chi connectivity index (χ0) is 22.1. The first-order valence-corrected chi connectivity index (χ1v) is 11.1. The number of nitrogens with one attached hydrogen (secondary N) is 1. The van der Waals surface area contributed by atoms with Crippen molar-refractivity contribution >= 4 is 27.9 Å². The van der Waals surface area contributed by atoms with Crippen LogP contribution < -0.4 is 20.9 Å². The van der Waals surface area contributed by atoms with Crippen molar-refractivity contribution in [2.45, 2.75) is 43.8 Å². The maximum absolute atomic E-state index is 13.6. The van der Waals surface area contributed by atoms with Gasteiger partial charge in [0.25, 0.3) is 5.56 Å². The number of fused-ring (bicyclic) bond motifs is 4. The fourth-order valence-electron chi connectivity index (χ4n) is 5.76. The Morgan fingerprint density at radius 1 is 1.16 bits per heavy atom. The molecule has 0 saturated carbocycles. The van der Waals surface area contributed by atoms with Gasteiger partial charge < -0.3 is 20.4 Å². The second kappa shape index (κ2) is 6.83.